The number of carbonyl (C=O) groups is 3. The van der Waals surface area contributed by atoms with Crippen molar-refractivity contribution in [3.8, 4) is 5.75 Å². The Hall–Kier alpha value is -2.83. The molecule has 2 aliphatic heterocycles. The largest absolute Gasteiger partial charge is 0.492 e. The molecule has 7 heteroatoms. The molecule has 0 spiro atoms. The molecule has 2 heterocycles. The Balaban J connectivity index is 1.29. The van der Waals surface area contributed by atoms with E-state index in [-0.39, 0.29) is 42.5 Å². The molecule has 2 saturated heterocycles. The van der Waals surface area contributed by atoms with Gasteiger partial charge in [-0.05, 0) is 31.9 Å². The topological polar surface area (TPSA) is 70.2 Å². The van der Waals surface area contributed by atoms with Crippen LogP contribution in [0.1, 0.15) is 26.2 Å². The summed E-state index contributed by atoms with van der Waals surface area (Å²) in [5, 5.41) is 0. The van der Waals surface area contributed by atoms with Crippen molar-refractivity contribution in [3.63, 3.8) is 0 Å². The van der Waals surface area contributed by atoms with Crippen molar-refractivity contribution in [2.24, 2.45) is 11.8 Å². The van der Waals surface area contributed by atoms with Gasteiger partial charge in [-0.3, -0.25) is 19.3 Å². The highest BCUT2D eigenvalue weighted by Crippen LogP contribution is 2.35. The lowest BCUT2D eigenvalue weighted by Crippen LogP contribution is -2.49. The van der Waals surface area contributed by atoms with Gasteiger partial charge in [0.05, 0.1) is 24.1 Å². The van der Waals surface area contributed by atoms with E-state index in [1.807, 2.05) is 48.2 Å². The summed E-state index contributed by atoms with van der Waals surface area (Å²) >= 11 is 0. The number of fused-ring (bicyclic) bond motifs is 1. The summed E-state index contributed by atoms with van der Waals surface area (Å²) in [5.74, 6) is 0.181. The van der Waals surface area contributed by atoms with Crippen LogP contribution in [-0.4, -0.2) is 66.9 Å². The van der Waals surface area contributed by atoms with Crippen molar-refractivity contribution in [2.75, 3.05) is 44.2 Å². The molecule has 160 valence electrons. The quantitative estimate of drug-likeness (QED) is 0.530. The summed E-state index contributed by atoms with van der Waals surface area (Å²) in [7, 11) is 0. The second kappa shape index (κ2) is 8.90. The van der Waals surface area contributed by atoms with Crippen LogP contribution in [0.5, 0.6) is 5.75 Å². The van der Waals surface area contributed by atoms with Crippen LogP contribution >= 0.6 is 0 Å². The highest BCUT2D eigenvalue weighted by atomic mass is 16.5. The number of para-hydroxylation sites is 2. The fraction of sp³-hybridized carbons (Fsp3) is 0.522. The van der Waals surface area contributed by atoms with E-state index in [4.69, 9.17) is 4.74 Å². The maximum absolute atomic E-state index is 12.7. The first-order chi connectivity index (χ1) is 14.6. The van der Waals surface area contributed by atoms with Crippen LogP contribution < -0.4 is 9.64 Å². The molecule has 0 N–H and O–H groups in total. The van der Waals surface area contributed by atoms with E-state index in [2.05, 4.69) is 4.90 Å². The third-order valence-electron chi connectivity index (χ3n) is 6.29. The minimum Gasteiger partial charge on any atom is -0.492 e. The van der Waals surface area contributed by atoms with E-state index < -0.39 is 0 Å². The van der Waals surface area contributed by atoms with Crippen molar-refractivity contribution >= 4 is 23.4 Å². The predicted molar refractivity (Wildman–Crippen MR) is 113 cm³/mol. The summed E-state index contributed by atoms with van der Waals surface area (Å²) in [4.78, 5) is 43.2. The van der Waals surface area contributed by atoms with Gasteiger partial charge in [0.1, 0.15) is 5.75 Å². The highest BCUT2D eigenvalue weighted by Gasteiger charge is 2.47. The number of amides is 3. The number of hydrogen-bond donors (Lipinski definition) is 0. The Labute approximate surface area is 177 Å². The molecule has 1 aromatic rings. The Morgan fingerprint density at radius 2 is 1.63 bits per heavy atom. The van der Waals surface area contributed by atoms with E-state index in [9.17, 15) is 14.4 Å². The Bertz CT molecular complexity index is 819. The molecule has 30 heavy (non-hydrogen) atoms. The van der Waals surface area contributed by atoms with Crippen LogP contribution in [0.15, 0.2) is 36.4 Å². The predicted octanol–water partition coefficient (Wildman–Crippen LogP) is 2.08. The molecule has 0 unspecified atom stereocenters. The molecule has 0 saturated carbocycles. The van der Waals surface area contributed by atoms with Gasteiger partial charge in [-0.15, -0.1) is 0 Å². The van der Waals surface area contributed by atoms with E-state index in [0.717, 1.165) is 24.5 Å². The second-order valence-corrected chi connectivity index (χ2v) is 8.00. The van der Waals surface area contributed by atoms with Crippen LogP contribution in [0.2, 0.25) is 0 Å². The monoisotopic (exact) mass is 411 g/mol. The number of hydrogen-bond acceptors (Lipinski definition) is 5. The van der Waals surface area contributed by atoms with E-state index in [0.29, 0.717) is 32.5 Å². The zero-order valence-corrected chi connectivity index (χ0v) is 17.5. The van der Waals surface area contributed by atoms with Crippen molar-refractivity contribution < 1.29 is 19.1 Å². The van der Waals surface area contributed by atoms with Gasteiger partial charge in [0.2, 0.25) is 17.7 Å². The molecule has 2 atom stereocenters. The number of likely N-dealkylation sites (tertiary alicyclic amines) is 1. The zero-order valence-electron chi connectivity index (χ0n) is 17.5. The Morgan fingerprint density at radius 1 is 1.00 bits per heavy atom. The normalized spacial score (nSPS) is 23.7. The first-order valence-electron chi connectivity index (χ1n) is 10.8. The number of allylic oxidation sites excluding steroid dienone is 2. The maximum atomic E-state index is 12.7. The Kier molecular flexibility index (Phi) is 6.06. The van der Waals surface area contributed by atoms with Gasteiger partial charge in [0.25, 0.3) is 0 Å². The summed E-state index contributed by atoms with van der Waals surface area (Å²) in [6.07, 6.45) is 5.41. The first kappa shape index (κ1) is 20.4. The number of benzene rings is 1. The maximum Gasteiger partial charge on any atom is 0.233 e. The summed E-state index contributed by atoms with van der Waals surface area (Å²) in [5.41, 5.74) is 1.05. The molecule has 1 aromatic carbocycles. The van der Waals surface area contributed by atoms with Gasteiger partial charge in [-0.2, -0.15) is 0 Å². The number of carbonyl (C=O) groups excluding carboxylic acids is 3. The SMILES string of the molecule is CCOc1ccccc1N1CCN(C(=O)CCN2C(=O)[C@H]3CC=CC[C@H]3C2=O)CC1. The number of anilines is 1. The molecule has 7 nitrogen and oxygen atoms in total. The molecule has 4 rings (SSSR count). The number of imide groups is 1. The van der Waals surface area contributed by atoms with Crippen molar-refractivity contribution in [1.82, 2.24) is 9.80 Å². The lowest BCUT2D eigenvalue weighted by atomic mass is 9.85. The third kappa shape index (κ3) is 3.93. The van der Waals surface area contributed by atoms with Gasteiger partial charge < -0.3 is 14.5 Å². The summed E-state index contributed by atoms with van der Waals surface area (Å²) in [6.45, 7) is 5.47. The van der Waals surface area contributed by atoms with E-state index >= 15 is 0 Å². The smallest absolute Gasteiger partial charge is 0.233 e. The summed E-state index contributed by atoms with van der Waals surface area (Å²) < 4.78 is 5.72. The Morgan fingerprint density at radius 3 is 2.27 bits per heavy atom. The fourth-order valence-corrected chi connectivity index (χ4v) is 4.65. The van der Waals surface area contributed by atoms with Gasteiger partial charge in [-0.1, -0.05) is 24.3 Å². The first-order valence-corrected chi connectivity index (χ1v) is 10.8. The van der Waals surface area contributed by atoms with Gasteiger partial charge >= 0.3 is 0 Å². The lowest BCUT2D eigenvalue weighted by molar-refractivity contribution is -0.140. The van der Waals surface area contributed by atoms with Gasteiger partial charge in [0, 0.05) is 39.1 Å². The van der Waals surface area contributed by atoms with Crippen LogP contribution in [0, 0.1) is 11.8 Å². The highest BCUT2D eigenvalue weighted by molar-refractivity contribution is 6.05. The minimum atomic E-state index is -0.230. The third-order valence-corrected chi connectivity index (χ3v) is 6.29. The van der Waals surface area contributed by atoms with Gasteiger partial charge in [0.15, 0.2) is 0 Å². The average Bonchev–Trinajstić information content (AvgIpc) is 3.03. The van der Waals surface area contributed by atoms with Crippen molar-refractivity contribution in [1.29, 1.82) is 0 Å². The van der Waals surface area contributed by atoms with Crippen LogP contribution in [0.4, 0.5) is 5.69 Å². The molecule has 1 aliphatic carbocycles. The molecule has 2 fully saturated rings. The molecule has 0 radical (unpaired) electrons. The van der Waals surface area contributed by atoms with E-state index in [1.165, 1.54) is 4.90 Å². The van der Waals surface area contributed by atoms with Crippen LogP contribution in [-0.2, 0) is 14.4 Å². The lowest BCUT2D eigenvalue weighted by Gasteiger charge is -2.37. The standard InChI is InChI=1S/C23H29N3O4/c1-2-30-20-10-6-5-9-19(20)24-13-15-25(16-14-24)21(27)11-12-26-22(28)17-7-3-4-8-18(17)23(26)29/h3-6,9-10,17-18H,2,7-8,11-16H2,1H3/t17-,18+. The van der Waals surface area contributed by atoms with Gasteiger partial charge in [-0.25, -0.2) is 0 Å². The second-order valence-electron chi connectivity index (χ2n) is 8.00. The molecule has 3 aliphatic rings. The minimum absolute atomic E-state index is 0.00124. The average molecular weight is 412 g/mol. The van der Waals surface area contributed by atoms with Crippen LogP contribution in [0.25, 0.3) is 0 Å². The number of piperazine rings is 1. The number of nitrogens with zero attached hydrogens (tertiary/aromatic N) is 3. The van der Waals surface area contributed by atoms with Crippen molar-refractivity contribution in [2.45, 2.75) is 26.2 Å². The van der Waals surface area contributed by atoms with Crippen LogP contribution in [0.3, 0.4) is 0 Å². The van der Waals surface area contributed by atoms with E-state index in [1.54, 1.807) is 0 Å². The summed E-state index contributed by atoms with van der Waals surface area (Å²) in [6, 6.07) is 7.96. The molecule has 0 aromatic heterocycles. The molecular formula is C23H29N3O4. The molecule has 3 amide bonds. The van der Waals surface area contributed by atoms with Crippen molar-refractivity contribution in [3.05, 3.63) is 36.4 Å². The number of ether oxygens (including phenoxy) is 1. The number of rotatable bonds is 6. The zero-order chi connectivity index (χ0) is 21.1. The fourth-order valence-electron chi connectivity index (χ4n) is 4.65. The molecule has 0 bridgehead atoms. The molecular weight excluding hydrogens is 382 g/mol.